The first-order chi connectivity index (χ1) is 10.1. The van der Waals surface area contributed by atoms with Crippen LogP contribution >= 0.6 is 22.6 Å². The van der Waals surface area contributed by atoms with Gasteiger partial charge in [-0.3, -0.25) is 4.79 Å². The number of halogens is 1. The molecule has 2 atom stereocenters. The molecule has 21 heavy (non-hydrogen) atoms. The second-order valence-corrected chi connectivity index (χ2v) is 6.76. The summed E-state index contributed by atoms with van der Waals surface area (Å²) in [5.74, 6) is -0.180. The molecule has 1 aromatic rings. The van der Waals surface area contributed by atoms with Gasteiger partial charge in [0.1, 0.15) is 0 Å². The van der Waals surface area contributed by atoms with E-state index in [4.69, 9.17) is 4.74 Å². The lowest BCUT2D eigenvalue weighted by atomic mass is 9.86. The zero-order valence-corrected chi connectivity index (χ0v) is 14.3. The van der Waals surface area contributed by atoms with Crippen molar-refractivity contribution >= 4 is 34.5 Å². The molecule has 0 heterocycles. The second-order valence-electron chi connectivity index (χ2n) is 5.52. The Labute approximate surface area is 138 Å². The molecule has 1 aliphatic rings. The lowest BCUT2D eigenvalue weighted by Gasteiger charge is -2.29. The van der Waals surface area contributed by atoms with Crippen molar-refractivity contribution in [2.75, 3.05) is 6.61 Å². The molecule has 0 saturated heterocycles. The summed E-state index contributed by atoms with van der Waals surface area (Å²) in [5, 5.41) is 2.97. The van der Waals surface area contributed by atoms with Crippen LogP contribution in [0.3, 0.4) is 0 Å². The largest absolute Gasteiger partial charge is 0.452 e. The molecule has 0 aromatic heterocycles. The Morgan fingerprint density at radius 3 is 2.57 bits per heavy atom. The summed E-state index contributed by atoms with van der Waals surface area (Å²) in [5.41, 5.74) is 0.467. The van der Waals surface area contributed by atoms with Crippen LogP contribution in [-0.4, -0.2) is 24.5 Å². The number of carbonyl (C=O) groups excluding carboxylic acids is 2. The first kappa shape index (κ1) is 16.3. The van der Waals surface area contributed by atoms with Gasteiger partial charge >= 0.3 is 5.97 Å². The maximum Gasteiger partial charge on any atom is 0.338 e. The van der Waals surface area contributed by atoms with Crippen molar-refractivity contribution < 1.29 is 14.3 Å². The van der Waals surface area contributed by atoms with Gasteiger partial charge in [-0.25, -0.2) is 4.79 Å². The van der Waals surface area contributed by atoms with E-state index < -0.39 is 5.97 Å². The van der Waals surface area contributed by atoms with Crippen LogP contribution in [0.5, 0.6) is 0 Å². The fourth-order valence-corrected chi connectivity index (χ4v) is 2.94. The van der Waals surface area contributed by atoms with E-state index in [-0.39, 0.29) is 18.6 Å². The van der Waals surface area contributed by atoms with Gasteiger partial charge in [0.25, 0.3) is 5.91 Å². The Morgan fingerprint density at radius 2 is 1.90 bits per heavy atom. The number of amides is 1. The van der Waals surface area contributed by atoms with Crippen LogP contribution in [0.4, 0.5) is 0 Å². The highest BCUT2D eigenvalue weighted by atomic mass is 127. The van der Waals surface area contributed by atoms with Gasteiger partial charge in [0.05, 0.1) is 5.56 Å². The quantitative estimate of drug-likeness (QED) is 0.623. The molecule has 2 rings (SSSR count). The third-order valence-corrected chi connectivity index (χ3v) is 4.59. The molecular weight excluding hydrogens is 381 g/mol. The van der Waals surface area contributed by atoms with Crippen molar-refractivity contribution in [1.29, 1.82) is 0 Å². The highest BCUT2D eigenvalue weighted by molar-refractivity contribution is 14.1. The van der Waals surface area contributed by atoms with Crippen molar-refractivity contribution in [2.45, 2.75) is 38.6 Å². The van der Waals surface area contributed by atoms with Gasteiger partial charge < -0.3 is 10.1 Å². The zero-order chi connectivity index (χ0) is 15.2. The van der Waals surface area contributed by atoms with Crippen LogP contribution in [-0.2, 0) is 9.53 Å². The Bertz CT molecular complexity index is 501. The molecule has 0 radical (unpaired) electrons. The van der Waals surface area contributed by atoms with Crippen molar-refractivity contribution in [3.8, 4) is 0 Å². The Morgan fingerprint density at radius 1 is 1.24 bits per heavy atom. The van der Waals surface area contributed by atoms with Gasteiger partial charge in [-0.1, -0.05) is 19.8 Å². The minimum atomic E-state index is -0.460. The highest BCUT2D eigenvalue weighted by Gasteiger charge is 2.23. The second kappa shape index (κ2) is 7.77. The van der Waals surface area contributed by atoms with E-state index in [9.17, 15) is 9.59 Å². The molecule has 114 valence electrons. The van der Waals surface area contributed by atoms with Gasteiger partial charge in [-0.15, -0.1) is 0 Å². The highest BCUT2D eigenvalue weighted by Crippen LogP contribution is 2.23. The topological polar surface area (TPSA) is 55.4 Å². The van der Waals surface area contributed by atoms with Crippen molar-refractivity contribution in [2.24, 2.45) is 5.92 Å². The molecule has 0 spiro atoms. The molecule has 1 fully saturated rings. The molecule has 4 nitrogen and oxygen atoms in total. The predicted octanol–water partition coefficient (Wildman–Crippen LogP) is 3.14. The average molecular weight is 401 g/mol. The van der Waals surface area contributed by atoms with E-state index in [1.807, 2.05) is 12.1 Å². The van der Waals surface area contributed by atoms with E-state index in [2.05, 4.69) is 34.8 Å². The molecule has 0 aliphatic heterocycles. The number of esters is 1. The molecule has 1 saturated carbocycles. The van der Waals surface area contributed by atoms with Crippen LogP contribution in [0.15, 0.2) is 24.3 Å². The predicted molar refractivity (Wildman–Crippen MR) is 89.0 cm³/mol. The summed E-state index contributed by atoms with van der Waals surface area (Å²) in [4.78, 5) is 23.7. The molecule has 0 unspecified atom stereocenters. The number of hydrogen-bond donors (Lipinski definition) is 1. The number of rotatable bonds is 4. The minimum Gasteiger partial charge on any atom is -0.452 e. The van der Waals surface area contributed by atoms with E-state index in [1.165, 1.54) is 6.42 Å². The summed E-state index contributed by atoms with van der Waals surface area (Å²) in [7, 11) is 0. The standard InChI is InChI=1S/C16H20INO3/c1-11-4-2-3-5-14(11)18-15(19)10-21-16(20)12-6-8-13(17)9-7-12/h6-9,11,14H,2-5,10H2,1H3,(H,18,19)/t11-,14+/m1/s1. The Hall–Kier alpha value is -1.11. The average Bonchev–Trinajstić information content (AvgIpc) is 2.48. The molecule has 0 bridgehead atoms. The zero-order valence-electron chi connectivity index (χ0n) is 12.1. The van der Waals surface area contributed by atoms with E-state index in [0.29, 0.717) is 11.5 Å². The van der Waals surface area contributed by atoms with E-state index >= 15 is 0 Å². The van der Waals surface area contributed by atoms with Crippen LogP contribution in [0.25, 0.3) is 0 Å². The monoisotopic (exact) mass is 401 g/mol. The third-order valence-electron chi connectivity index (χ3n) is 3.87. The van der Waals surface area contributed by atoms with E-state index in [0.717, 1.165) is 22.8 Å². The number of benzene rings is 1. The maximum atomic E-state index is 11.9. The molecular formula is C16H20INO3. The van der Waals surface area contributed by atoms with Gasteiger partial charge in [0.2, 0.25) is 0 Å². The lowest BCUT2D eigenvalue weighted by molar-refractivity contribution is -0.125. The summed E-state index contributed by atoms with van der Waals surface area (Å²) < 4.78 is 6.10. The Balaban J connectivity index is 1.78. The summed E-state index contributed by atoms with van der Waals surface area (Å²) in [6, 6.07) is 7.28. The van der Waals surface area contributed by atoms with Crippen molar-refractivity contribution in [3.63, 3.8) is 0 Å². The van der Waals surface area contributed by atoms with Crippen LogP contribution in [0.2, 0.25) is 0 Å². The van der Waals surface area contributed by atoms with Gasteiger partial charge in [0, 0.05) is 9.61 Å². The lowest BCUT2D eigenvalue weighted by Crippen LogP contribution is -2.42. The van der Waals surface area contributed by atoms with E-state index in [1.54, 1.807) is 12.1 Å². The first-order valence-corrected chi connectivity index (χ1v) is 8.36. The van der Waals surface area contributed by atoms with Crippen LogP contribution in [0.1, 0.15) is 43.0 Å². The fourth-order valence-electron chi connectivity index (χ4n) is 2.58. The normalized spacial score (nSPS) is 21.6. The number of nitrogens with one attached hydrogen (secondary N) is 1. The summed E-state index contributed by atoms with van der Waals surface area (Å²) >= 11 is 2.17. The van der Waals surface area contributed by atoms with Gasteiger partial charge in [0.15, 0.2) is 6.61 Å². The SMILES string of the molecule is C[C@@H]1CCCC[C@@H]1NC(=O)COC(=O)c1ccc(I)cc1. The molecule has 1 aromatic carbocycles. The Kier molecular flexibility index (Phi) is 6.02. The van der Waals surface area contributed by atoms with Crippen LogP contribution in [0, 0.1) is 9.49 Å². The smallest absolute Gasteiger partial charge is 0.338 e. The number of hydrogen-bond acceptors (Lipinski definition) is 3. The van der Waals surface area contributed by atoms with Gasteiger partial charge in [-0.2, -0.15) is 0 Å². The first-order valence-electron chi connectivity index (χ1n) is 7.28. The summed E-state index contributed by atoms with van der Waals surface area (Å²) in [6.45, 7) is 1.94. The molecule has 1 amide bonds. The minimum absolute atomic E-state index is 0.211. The van der Waals surface area contributed by atoms with Crippen molar-refractivity contribution in [1.82, 2.24) is 5.32 Å². The molecule has 1 N–H and O–H groups in total. The maximum absolute atomic E-state index is 11.9. The van der Waals surface area contributed by atoms with Crippen molar-refractivity contribution in [3.05, 3.63) is 33.4 Å². The molecule has 5 heteroatoms. The van der Waals surface area contributed by atoms with Gasteiger partial charge in [-0.05, 0) is 65.6 Å². The number of carbonyl (C=O) groups is 2. The third kappa shape index (κ3) is 4.98. The summed E-state index contributed by atoms with van der Waals surface area (Å²) in [6.07, 6.45) is 4.54. The molecule has 1 aliphatic carbocycles. The van der Waals surface area contributed by atoms with Crippen LogP contribution < -0.4 is 5.32 Å². The fraction of sp³-hybridized carbons (Fsp3) is 0.500. The number of ether oxygens (including phenoxy) is 1.